The minimum absolute atomic E-state index is 0.630. The molecule has 0 aliphatic heterocycles. The van der Waals surface area contributed by atoms with Crippen molar-refractivity contribution >= 4 is 6.29 Å². The Morgan fingerprint density at radius 1 is 1.14 bits per heavy atom. The van der Waals surface area contributed by atoms with E-state index in [4.69, 9.17) is 5.11 Å². The highest BCUT2D eigenvalue weighted by molar-refractivity contribution is 5.50. The molecule has 0 bridgehead atoms. The van der Waals surface area contributed by atoms with Crippen LogP contribution < -0.4 is 0 Å². The molecule has 0 heterocycles. The van der Waals surface area contributed by atoms with Crippen molar-refractivity contribution < 1.29 is 9.90 Å². The lowest BCUT2D eigenvalue weighted by molar-refractivity contribution is -0.107. The normalized spacial score (nSPS) is 8.79. The van der Waals surface area contributed by atoms with E-state index in [2.05, 4.69) is 31.2 Å². The molecule has 14 heavy (non-hydrogen) atoms. The first kappa shape index (κ1) is 12.8. The van der Waals surface area contributed by atoms with Gasteiger partial charge in [0, 0.05) is 13.5 Å². The standard InChI is InChI=1S/C11H14O.CH4O/c1-2-10-5-7-11(8-6-10)4-3-9-12;1-2/h5-9H,2-4H2,1H3;2H,1H3. The van der Waals surface area contributed by atoms with Crippen LogP contribution in [0.15, 0.2) is 24.3 Å². The molecule has 0 aliphatic rings. The number of aliphatic hydroxyl groups excluding tert-OH is 1. The summed E-state index contributed by atoms with van der Waals surface area (Å²) in [7, 11) is 1.00. The minimum atomic E-state index is 0.630. The van der Waals surface area contributed by atoms with Crippen molar-refractivity contribution in [1.82, 2.24) is 0 Å². The zero-order valence-electron chi connectivity index (χ0n) is 8.86. The summed E-state index contributed by atoms with van der Waals surface area (Å²) in [4.78, 5) is 10.1. The molecule has 1 N–H and O–H groups in total. The van der Waals surface area contributed by atoms with Crippen LogP contribution in [0.2, 0.25) is 0 Å². The largest absolute Gasteiger partial charge is 0.400 e. The van der Waals surface area contributed by atoms with E-state index in [0.717, 1.165) is 26.2 Å². The maximum atomic E-state index is 10.1. The Morgan fingerprint density at radius 3 is 2.07 bits per heavy atom. The first-order valence-electron chi connectivity index (χ1n) is 4.83. The second-order valence-electron chi connectivity index (χ2n) is 2.88. The fraction of sp³-hybridized carbons (Fsp3) is 0.417. The van der Waals surface area contributed by atoms with E-state index < -0.39 is 0 Å². The molecule has 0 spiro atoms. The van der Waals surface area contributed by atoms with Gasteiger partial charge in [0.25, 0.3) is 0 Å². The Bertz CT molecular complexity index is 239. The highest BCUT2D eigenvalue weighted by atomic mass is 16.2. The van der Waals surface area contributed by atoms with Crippen LogP contribution in [0, 0.1) is 0 Å². The summed E-state index contributed by atoms with van der Waals surface area (Å²) in [5.74, 6) is 0. The van der Waals surface area contributed by atoms with E-state index >= 15 is 0 Å². The molecular weight excluding hydrogens is 176 g/mol. The quantitative estimate of drug-likeness (QED) is 0.744. The van der Waals surface area contributed by atoms with Crippen molar-refractivity contribution in [2.75, 3.05) is 7.11 Å². The van der Waals surface area contributed by atoms with Crippen molar-refractivity contribution in [3.05, 3.63) is 35.4 Å². The topological polar surface area (TPSA) is 37.3 Å². The van der Waals surface area contributed by atoms with Gasteiger partial charge in [0.15, 0.2) is 0 Å². The lowest BCUT2D eigenvalue weighted by atomic mass is 10.1. The van der Waals surface area contributed by atoms with E-state index in [1.54, 1.807) is 0 Å². The van der Waals surface area contributed by atoms with Crippen LogP contribution in [0.3, 0.4) is 0 Å². The molecule has 0 radical (unpaired) electrons. The second kappa shape index (κ2) is 8.45. The lowest BCUT2D eigenvalue weighted by Gasteiger charge is -1.99. The van der Waals surface area contributed by atoms with Crippen molar-refractivity contribution in [3.63, 3.8) is 0 Å². The maximum Gasteiger partial charge on any atom is 0.120 e. The molecule has 0 saturated carbocycles. The van der Waals surface area contributed by atoms with Gasteiger partial charge in [-0.25, -0.2) is 0 Å². The summed E-state index contributed by atoms with van der Waals surface area (Å²) in [6.07, 6.45) is 3.54. The Hall–Kier alpha value is -1.15. The van der Waals surface area contributed by atoms with E-state index in [1.807, 2.05) is 0 Å². The molecule has 78 valence electrons. The summed E-state index contributed by atoms with van der Waals surface area (Å²) in [5, 5.41) is 7.00. The predicted molar refractivity (Wildman–Crippen MR) is 58.3 cm³/mol. The van der Waals surface area contributed by atoms with Crippen molar-refractivity contribution in [2.45, 2.75) is 26.2 Å². The van der Waals surface area contributed by atoms with Gasteiger partial charge in [-0.3, -0.25) is 0 Å². The summed E-state index contributed by atoms with van der Waals surface area (Å²) in [5.41, 5.74) is 2.60. The fourth-order valence-electron chi connectivity index (χ4n) is 1.17. The first-order valence-corrected chi connectivity index (χ1v) is 4.83. The fourth-order valence-corrected chi connectivity index (χ4v) is 1.17. The number of rotatable bonds is 4. The van der Waals surface area contributed by atoms with Gasteiger partial charge in [0.2, 0.25) is 0 Å². The van der Waals surface area contributed by atoms with Crippen molar-refractivity contribution in [3.8, 4) is 0 Å². The lowest BCUT2D eigenvalue weighted by Crippen LogP contribution is -1.86. The molecule has 0 atom stereocenters. The highest BCUT2D eigenvalue weighted by Gasteiger charge is 1.92. The summed E-state index contributed by atoms with van der Waals surface area (Å²) >= 11 is 0. The van der Waals surface area contributed by atoms with Gasteiger partial charge in [-0.05, 0) is 24.0 Å². The van der Waals surface area contributed by atoms with Gasteiger partial charge in [-0.1, -0.05) is 31.2 Å². The Morgan fingerprint density at radius 2 is 1.64 bits per heavy atom. The van der Waals surface area contributed by atoms with Crippen LogP contribution >= 0.6 is 0 Å². The third-order valence-corrected chi connectivity index (χ3v) is 1.98. The Labute approximate surface area is 85.6 Å². The van der Waals surface area contributed by atoms with E-state index in [-0.39, 0.29) is 0 Å². The zero-order chi connectivity index (χ0) is 10.8. The number of hydrogen-bond acceptors (Lipinski definition) is 2. The number of carbonyl (C=O) groups is 1. The average molecular weight is 194 g/mol. The Balaban J connectivity index is 0.000000791. The van der Waals surface area contributed by atoms with Crippen LogP contribution in [-0.2, 0) is 17.6 Å². The molecule has 2 heteroatoms. The first-order chi connectivity index (χ1) is 6.86. The molecule has 0 aromatic heterocycles. The summed E-state index contributed by atoms with van der Waals surface area (Å²) < 4.78 is 0. The molecule has 1 aromatic rings. The van der Waals surface area contributed by atoms with Gasteiger partial charge in [-0.2, -0.15) is 0 Å². The minimum Gasteiger partial charge on any atom is -0.400 e. The molecule has 1 aromatic carbocycles. The van der Waals surface area contributed by atoms with Crippen LogP contribution in [0.5, 0.6) is 0 Å². The third kappa shape index (κ3) is 4.77. The second-order valence-corrected chi connectivity index (χ2v) is 2.88. The molecule has 0 amide bonds. The van der Waals surface area contributed by atoms with Crippen LogP contribution in [0.25, 0.3) is 0 Å². The number of aldehydes is 1. The summed E-state index contributed by atoms with van der Waals surface area (Å²) in [6, 6.07) is 8.45. The molecule has 2 nitrogen and oxygen atoms in total. The van der Waals surface area contributed by atoms with E-state index in [9.17, 15) is 4.79 Å². The van der Waals surface area contributed by atoms with Gasteiger partial charge < -0.3 is 9.90 Å². The maximum absolute atomic E-state index is 10.1. The number of carbonyl (C=O) groups excluding carboxylic acids is 1. The molecule has 1 rings (SSSR count). The monoisotopic (exact) mass is 194 g/mol. The Kier molecular flexibility index (Phi) is 7.75. The molecular formula is C12H18O2. The van der Waals surface area contributed by atoms with Gasteiger partial charge in [0.1, 0.15) is 6.29 Å². The van der Waals surface area contributed by atoms with Gasteiger partial charge in [0.05, 0.1) is 0 Å². The average Bonchev–Trinajstić information content (AvgIpc) is 2.30. The number of aliphatic hydroxyl groups is 1. The van der Waals surface area contributed by atoms with Crippen LogP contribution in [-0.4, -0.2) is 18.5 Å². The van der Waals surface area contributed by atoms with E-state index in [1.165, 1.54) is 11.1 Å². The van der Waals surface area contributed by atoms with Gasteiger partial charge >= 0.3 is 0 Å². The number of benzene rings is 1. The van der Waals surface area contributed by atoms with Crippen LogP contribution in [0.1, 0.15) is 24.5 Å². The van der Waals surface area contributed by atoms with Gasteiger partial charge in [-0.15, -0.1) is 0 Å². The smallest absolute Gasteiger partial charge is 0.120 e. The molecule has 0 unspecified atom stereocenters. The van der Waals surface area contributed by atoms with E-state index in [0.29, 0.717) is 6.42 Å². The summed E-state index contributed by atoms with van der Waals surface area (Å²) in [6.45, 7) is 2.14. The molecule has 0 aliphatic carbocycles. The third-order valence-electron chi connectivity index (χ3n) is 1.98. The number of hydrogen-bond donors (Lipinski definition) is 1. The highest BCUT2D eigenvalue weighted by Crippen LogP contribution is 2.06. The van der Waals surface area contributed by atoms with Crippen molar-refractivity contribution in [2.24, 2.45) is 0 Å². The predicted octanol–water partition coefficient (Wildman–Crippen LogP) is 1.99. The van der Waals surface area contributed by atoms with Crippen LogP contribution in [0.4, 0.5) is 0 Å². The molecule has 0 fully saturated rings. The zero-order valence-corrected chi connectivity index (χ0v) is 8.86. The van der Waals surface area contributed by atoms with Crippen molar-refractivity contribution in [1.29, 1.82) is 0 Å². The number of aryl methyl sites for hydroxylation is 2. The SMILES string of the molecule is CCc1ccc(CCC=O)cc1.CO. The molecule has 0 saturated heterocycles.